The van der Waals surface area contributed by atoms with Crippen LogP contribution in [0.15, 0.2) is 76.3 Å². The van der Waals surface area contributed by atoms with Gasteiger partial charge in [-0.05, 0) is 73.9 Å². The lowest BCUT2D eigenvalue weighted by Gasteiger charge is -2.34. The van der Waals surface area contributed by atoms with Crippen molar-refractivity contribution in [2.24, 2.45) is 0 Å². The van der Waals surface area contributed by atoms with Gasteiger partial charge in [-0.2, -0.15) is 13.2 Å². The minimum atomic E-state index is -4.65. The van der Waals surface area contributed by atoms with E-state index < -0.39 is 29.2 Å². The Bertz CT molecular complexity index is 1850. The van der Waals surface area contributed by atoms with E-state index in [-0.39, 0.29) is 34.7 Å². The summed E-state index contributed by atoms with van der Waals surface area (Å²) >= 11 is 2.90. The third-order valence-corrected chi connectivity index (χ3v) is 7.68. The molecular weight excluding hydrogens is 627 g/mol. The SMILES string of the molecule is CNC(=O)c1ccc(-n2c(C#Cc3cccnc3)nc3c(c2=O)C[C@@H](C)N(C(=O)c2ccc(Br)c(C(F)(F)F)c2)C3)cc1. The van der Waals surface area contributed by atoms with E-state index in [1.165, 1.54) is 28.6 Å². The largest absolute Gasteiger partial charge is 0.417 e. The van der Waals surface area contributed by atoms with Gasteiger partial charge in [-0.25, -0.2) is 4.98 Å². The molecule has 8 nitrogen and oxygen atoms in total. The summed E-state index contributed by atoms with van der Waals surface area (Å²) in [6.07, 6.45) is -1.37. The van der Waals surface area contributed by atoms with Crippen molar-refractivity contribution < 1.29 is 22.8 Å². The molecule has 0 spiro atoms. The van der Waals surface area contributed by atoms with E-state index in [2.05, 4.69) is 43.1 Å². The number of alkyl halides is 3. The maximum absolute atomic E-state index is 13.9. The van der Waals surface area contributed by atoms with Crippen LogP contribution in [-0.4, -0.2) is 44.3 Å². The van der Waals surface area contributed by atoms with E-state index in [0.717, 1.165) is 6.07 Å². The van der Waals surface area contributed by atoms with Gasteiger partial charge in [-0.1, -0.05) is 21.9 Å². The highest BCUT2D eigenvalue weighted by Crippen LogP contribution is 2.36. The zero-order valence-electron chi connectivity index (χ0n) is 22.9. The number of amides is 2. The highest BCUT2D eigenvalue weighted by atomic mass is 79.9. The average Bonchev–Trinajstić information content (AvgIpc) is 3.00. The third-order valence-electron chi connectivity index (χ3n) is 6.99. The minimum absolute atomic E-state index is 0.0882. The van der Waals surface area contributed by atoms with Crippen LogP contribution in [0.2, 0.25) is 0 Å². The average molecular weight is 650 g/mol. The second kappa shape index (κ2) is 11.9. The van der Waals surface area contributed by atoms with Gasteiger partial charge in [-0.3, -0.25) is 23.9 Å². The molecule has 1 atom stereocenters. The number of carbonyl (C=O) groups excluding carboxylic acids is 2. The highest BCUT2D eigenvalue weighted by Gasteiger charge is 2.36. The summed E-state index contributed by atoms with van der Waals surface area (Å²) in [4.78, 5) is 49.6. The summed E-state index contributed by atoms with van der Waals surface area (Å²) < 4.78 is 41.7. The molecule has 0 aliphatic carbocycles. The maximum atomic E-state index is 13.9. The second-order valence-electron chi connectivity index (χ2n) is 9.80. The van der Waals surface area contributed by atoms with Gasteiger partial charge in [0.1, 0.15) is 0 Å². The molecular formula is C31H23BrF3N5O3. The molecule has 2 amide bonds. The number of nitrogens with zero attached hydrogens (tertiary/aromatic N) is 4. The number of benzene rings is 2. The first kappa shape index (κ1) is 29.7. The Morgan fingerprint density at radius 3 is 2.44 bits per heavy atom. The van der Waals surface area contributed by atoms with Crippen LogP contribution in [0, 0.1) is 11.8 Å². The second-order valence-corrected chi connectivity index (χ2v) is 10.7. The predicted molar refractivity (Wildman–Crippen MR) is 156 cm³/mol. The zero-order valence-corrected chi connectivity index (χ0v) is 24.5. The minimum Gasteiger partial charge on any atom is -0.355 e. The molecule has 1 aliphatic heterocycles. The fourth-order valence-electron chi connectivity index (χ4n) is 4.77. The smallest absolute Gasteiger partial charge is 0.355 e. The molecule has 2 aromatic heterocycles. The molecule has 0 saturated carbocycles. The molecule has 0 radical (unpaired) electrons. The number of halogens is 4. The summed E-state index contributed by atoms with van der Waals surface area (Å²) in [6, 6.07) is 12.7. The van der Waals surface area contributed by atoms with Crippen molar-refractivity contribution in [3.63, 3.8) is 0 Å². The molecule has 0 unspecified atom stereocenters. The number of nitrogens with one attached hydrogen (secondary N) is 1. The van der Waals surface area contributed by atoms with Gasteiger partial charge >= 0.3 is 6.18 Å². The summed E-state index contributed by atoms with van der Waals surface area (Å²) in [7, 11) is 1.52. The topological polar surface area (TPSA) is 97.2 Å². The number of hydrogen-bond acceptors (Lipinski definition) is 5. The molecule has 1 N–H and O–H groups in total. The van der Waals surface area contributed by atoms with Gasteiger partial charge in [0.2, 0.25) is 0 Å². The van der Waals surface area contributed by atoms with Crippen LogP contribution in [0.5, 0.6) is 0 Å². The standard InChI is InChI=1S/C31H23BrF3N5O3/c1-18-14-23-26(17-39(18)29(42)21-8-11-25(32)24(15-21)31(33,34)35)38-27(12-5-19-4-3-13-37-16-19)40(30(23)43)22-9-6-20(7-10-22)28(41)36-2/h3-4,6-11,13,15-16,18H,14,17H2,1-2H3,(H,36,41)/t18-/m1/s1. The lowest BCUT2D eigenvalue weighted by atomic mass is 9.98. The van der Waals surface area contributed by atoms with Gasteiger partial charge < -0.3 is 10.2 Å². The van der Waals surface area contributed by atoms with Crippen molar-refractivity contribution in [1.29, 1.82) is 0 Å². The Balaban J connectivity index is 1.59. The molecule has 3 heterocycles. The fourth-order valence-corrected chi connectivity index (χ4v) is 5.24. The van der Waals surface area contributed by atoms with Crippen molar-refractivity contribution in [3.05, 3.63) is 121 Å². The van der Waals surface area contributed by atoms with Crippen LogP contribution in [0.1, 0.15) is 55.8 Å². The molecule has 0 saturated heterocycles. The van der Waals surface area contributed by atoms with Crippen LogP contribution in [0.25, 0.3) is 5.69 Å². The normalized spacial score (nSPS) is 14.4. The number of aromatic nitrogens is 3. The summed E-state index contributed by atoms with van der Waals surface area (Å²) in [5.41, 5.74) is 0.602. The molecule has 4 aromatic rings. The summed E-state index contributed by atoms with van der Waals surface area (Å²) in [5.74, 6) is 5.07. The Morgan fingerprint density at radius 2 is 1.79 bits per heavy atom. The number of pyridine rings is 1. The first-order chi connectivity index (χ1) is 20.5. The van der Waals surface area contributed by atoms with Crippen molar-refractivity contribution in [1.82, 2.24) is 24.8 Å². The number of rotatable bonds is 3. The van der Waals surface area contributed by atoms with Crippen LogP contribution >= 0.6 is 15.9 Å². The van der Waals surface area contributed by atoms with Crippen molar-refractivity contribution in [2.45, 2.75) is 32.1 Å². The molecule has 1 aliphatic rings. The highest BCUT2D eigenvalue weighted by molar-refractivity contribution is 9.10. The lowest BCUT2D eigenvalue weighted by molar-refractivity contribution is -0.138. The molecule has 5 rings (SSSR count). The first-order valence-corrected chi connectivity index (χ1v) is 13.8. The molecule has 218 valence electrons. The van der Waals surface area contributed by atoms with Gasteiger partial charge in [0.05, 0.1) is 23.5 Å². The third kappa shape index (κ3) is 6.08. The number of hydrogen-bond donors (Lipinski definition) is 1. The summed E-state index contributed by atoms with van der Waals surface area (Å²) in [6.45, 7) is 1.63. The van der Waals surface area contributed by atoms with Crippen LogP contribution in [-0.2, 0) is 19.1 Å². The summed E-state index contributed by atoms with van der Waals surface area (Å²) in [5, 5.41) is 2.55. The molecule has 0 fully saturated rings. The van der Waals surface area contributed by atoms with E-state index in [9.17, 15) is 27.6 Å². The van der Waals surface area contributed by atoms with Gasteiger partial charge in [0.15, 0.2) is 5.82 Å². The molecule has 43 heavy (non-hydrogen) atoms. The molecule has 12 heteroatoms. The van der Waals surface area contributed by atoms with Crippen LogP contribution < -0.4 is 10.9 Å². The predicted octanol–water partition coefficient (Wildman–Crippen LogP) is 4.76. The van der Waals surface area contributed by atoms with E-state index in [1.54, 1.807) is 55.7 Å². The lowest BCUT2D eigenvalue weighted by Crippen LogP contribution is -2.46. The van der Waals surface area contributed by atoms with Gasteiger partial charge in [-0.15, -0.1) is 0 Å². The first-order valence-electron chi connectivity index (χ1n) is 13.0. The van der Waals surface area contributed by atoms with E-state index >= 15 is 0 Å². The quantitative estimate of drug-likeness (QED) is 0.323. The van der Waals surface area contributed by atoms with Gasteiger partial charge in [0, 0.05) is 52.2 Å². The number of carbonyl (C=O) groups is 2. The van der Waals surface area contributed by atoms with E-state index in [4.69, 9.17) is 0 Å². The Morgan fingerprint density at radius 1 is 1.07 bits per heavy atom. The fraction of sp³-hybridized carbons (Fsp3) is 0.194. The van der Waals surface area contributed by atoms with Gasteiger partial charge in [0.25, 0.3) is 17.4 Å². The zero-order chi connectivity index (χ0) is 30.9. The van der Waals surface area contributed by atoms with Crippen molar-refractivity contribution in [3.8, 4) is 17.5 Å². The van der Waals surface area contributed by atoms with Crippen LogP contribution in [0.3, 0.4) is 0 Å². The van der Waals surface area contributed by atoms with E-state index in [1.807, 2.05) is 0 Å². The van der Waals surface area contributed by atoms with Crippen LogP contribution in [0.4, 0.5) is 13.2 Å². The Kier molecular flexibility index (Phi) is 8.19. The van der Waals surface area contributed by atoms with Crippen molar-refractivity contribution in [2.75, 3.05) is 7.05 Å². The molecule has 0 bridgehead atoms. The monoisotopic (exact) mass is 649 g/mol. The maximum Gasteiger partial charge on any atom is 0.417 e. The Labute approximate surface area is 252 Å². The van der Waals surface area contributed by atoms with Crippen molar-refractivity contribution >= 4 is 27.7 Å². The van der Waals surface area contributed by atoms with E-state index in [0.29, 0.717) is 28.1 Å². The Hall–Kier alpha value is -4.76. The molecule has 2 aromatic carbocycles. The number of fused-ring (bicyclic) bond motifs is 1.